The molecule has 25 heavy (non-hydrogen) atoms. The van der Waals surface area contributed by atoms with E-state index in [4.69, 9.17) is 0 Å². The zero-order valence-electron chi connectivity index (χ0n) is 14.2. The van der Waals surface area contributed by atoms with Gasteiger partial charge in [0.05, 0.1) is 18.6 Å². The van der Waals surface area contributed by atoms with E-state index in [0.717, 1.165) is 56.2 Å². The Balaban J connectivity index is 1.38. The highest BCUT2D eigenvalue weighted by atomic mass is 16.1. The highest BCUT2D eigenvalue weighted by Gasteiger charge is 2.21. The molecule has 130 valence electrons. The molecule has 0 N–H and O–H groups in total. The lowest BCUT2D eigenvalue weighted by molar-refractivity contribution is 0.162. The van der Waals surface area contributed by atoms with Crippen LogP contribution in [0.25, 0.3) is 5.65 Å². The Morgan fingerprint density at radius 2 is 2.00 bits per heavy atom. The average molecular weight is 339 g/mol. The number of nitrogens with zero attached hydrogens (tertiary/aromatic N) is 7. The van der Waals surface area contributed by atoms with Crippen molar-refractivity contribution >= 4 is 5.65 Å². The fourth-order valence-corrected chi connectivity index (χ4v) is 3.34. The maximum Gasteiger partial charge on any atom is 0.253 e. The number of aromatic nitrogens is 6. The Morgan fingerprint density at radius 3 is 2.80 bits per heavy atom. The van der Waals surface area contributed by atoms with E-state index in [2.05, 4.69) is 25.2 Å². The molecule has 0 spiro atoms. The van der Waals surface area contributed by atoms with Crippen molar-refractivity contribution < 1.29 is 0 Å². The number of hydrogen-bond donors (Lipinski definition) is 0. The summed E-state index contributed by atoms with van der Waals surface area (Å²) in [6.07, 6.45) is 5.29. The molecule has 0 amide bonds. The second-order valence-corrected chi connectivity index (χ2v) is 6.65. The first kappa shape index (κ1) is 15.9. The monoisotopic (exact) mass is 339 g/mol. The number of fused-ring (bicyclic) bond motifs is 1. The summed E-state index contributed by atoms with van der Waals surface area (Å²) in [7, 11) is 0. The van der Waals surface area contributed by atoms with Crippen molar-refractivity contribution in [1.29, 1.82) is 0 Å². The van der Waals surface area contributed by atoms with Crippen molar-refractivity contribution in [2.75, 3.05) is 13.1 Å². The first-order valence-corrected chi connectivity index (χ1v) is 8.60. The highest BCUT2D eigenvalue weighted by molar-refractivity contribution is 5.35. The first-order valence-electron chi connectivity index (χ1n) is 8.60. The standard InChI is InChI=1S/C17H21N7O/c1-13-2-3-15-19-20-16(24(15)21-13)11-22-8-5-14(6-9-22)10-23-12-18-7-4-17(23)25/h2-4,7,12,14H,5-6,8-11H2,1H3. The molecule has 8 nitrogen and oxygen atoms in total. The van der Waals surface area contributed by atoms with E-state index in [1.165, 1.54) is 6.07 Å². The fraction of sp³-hybridized carbons (Fsp3) is 0.471. The van der Waals surface area contributed by atoms with Gasteiger partial charge in [-0.15, -0.1) is 10.2 Å². The Kier molecular flexibility index (Phi) is 4.27. The molecule has 4 heterocycles. The van der Waals surface area contributed by atoms with Gasteiger partial charge in [-0.2, -0.15) is 9.61 Å². The smallest absolute Gasteiger partial charge is 0.253 e. The highest BCUT2D eigenvalue weighted by Crippen LogP contribution is 2.20. The number of piperidine rings is 1. The molecule has 3 aromatic rings. The molecular weight excluding hydrogens is 318 g/mol. The van der Waals surface area contributed by atoms with Crippen LogP contribution in [-0.2, 0) is 13.1 Å². The van der Waals surface area contributed by atoms with Crippen LogP contribution in [0.5, 0.6) is 0 Å². The van der Waals surface area contributed by atoms with Gasteiger partial charge in [-0.1, -0.05) is 0 Å². The van der Waals surface area contributed by atoms with Gasteiger partial charge in [0.15, 0.2) is 11.5 Å². The van der Waals surface area contributed by atoms with E-state index in [9.17, 15) is 4.79 Å². The van der Waals surface area contributed by atoms with Crippen molar-refractivity contribution in [3.63, 3.8) is 0 Å². The minimum Gasteiger partial charge on any atom is -0.299 e. The molecule has 3 aromatic heterocycles. The van der Waals surface area contributed by atoms with Crippen molar-refractivity contribution in [3.05, 3.63) is 52.6 Å². The molecule has 8 heteroatoms. The summed E-state index contributed by atoms with van der Waals surface area (Å²) in [5, 5.41) is 13.0. The van der Waals surface area contributed by atoms with Crippen LogP contribution in [0.2, 0.25) is 0 Å². The van der Waals surface area contributed by atoms with Gasteiger partial charge in [-0.25, -0.2) is 4.98 Å². The van der Waals surface area contributed by atoms with E-state index < -0.39 is 0 Å². The predicted octanol–water partition coefficient (Wildman–Crippen LogP) is 0.902. The van der Waals surface area contributed by atoms with Crippen LogP contribution in [-0.4, -0.2) is 47.4 Å². The molecule has 0 aliphatic carbocycles. The van der Waals surface area contributed by atoms with Gasteiger partial charge in [0.25, 0.3) is 5.56 Å². The van der Waals surface area contributed by atoms with Crippen LogP contribution in [0.1, 0.15) is 24.4 Å². The third-order valence-electron chi connectivity index (χ3n) is 4.78. The minimum absolute atomic E-state index is 0.0220. The summed E-state index contributed by atoms with van der Waals surface area (Å²) >= 11 is 0. The van der Waals surface area contributed by atoms with Crippen LogP contribution in [0.4, 0.5) is 0 Å². The van der Waals surface area contributed by atoms with Crippen LogP contribution in [0.3, 0.4) is 0 Å². The number of likely N-dealkylation sites (tertiary alicyclic amines) is 1. The molecule has 0 radical (unpaired) electrons. The number of aryl methyl sites for hydroxylation is 1. The normalized spacial score (nSPS) is 16.5. The lowest BCUT2D eigenvalue weighted by atomic mass is 9.96. The van der Waals surface area contributed by atoms with E-state index >= 15 is 0 Å². The maximum absolute atomic E-state index is 11.8. The van der Waals surface area contributed by atoms with E-state index in [-0.39, 0.29) is 5.56 Å². The Labute approximate surface area is 145 Å². The average Bonchev–Trinajstić information content (AvgIpc) is 3.01. The predicted molar refractivity (Wildman–Crippen MR) is 92.0 cm³/mol. The lowest BCUT2D eigenvalue weighted by Gasteiger charge is -2.31. The molecule has 1 fully saturated rings. The van der Waals surface area contributed by atoms with Crippen LogP contribution >= 0.6 is 0 Å². The summed E-state index contributed by atoms with van der Waals surface area (Å²) < 4.78 is 3.54. The van der Waals surface area contributed by atoms with E-state index in [1.54, 1.807) is 17.1 Å². The quantitative estimate of drug-likeness (QED) is 0.702. The van der Waals surface area contributed by atoms with Crippen molar-refractivity contribution in [2.24, 2.45) is 5.92 Å². The molecule has 0 saturated carbocycles. The topological polar surface area (TPSA) is 81.2 Å². The van der Waals surface area contributed by atoms with E-state index in [1.807, 2.05) is 23.6 Å². The zero-order valence-corrected chi connectivity index (χ0v) is 14.2. The second-order valence-electron chi connectivity index (χ2n) is 6.65. The molecule has 0 atom stereocenters. The fourth-order valence-electron chi connectivity index (χ4n) is 3.34. The molecule has 0 unspecified atom stereocenters. The summed E-state index contributed by atoms with van der Waals surface area (Å²) in [5.41, 5.74) is 1.76. The summed E-state index contributed by atoms with van der Waals surface area (Å²) in [6.45, 7) is 5.43. The van der Waals surface area contributed by atoms with Crippen molar-refractivity contribution in [2.45, 2.75) is 32.9 Å². The van der Waals surface area contributed by atoms with Gasteiger partial charge >= 0.3 is 0 Å². The molecule has 0 bridgehead atoms. The third-order valence-corrected chi connectivity index (χ3v) is 4.78. The molecule has 1 aliphatic heterocycles. The molecular formula is C17H21N7O. The van der Waals surface area contributed by atoms with Gasteiger partial charge in [0, 0.05) is 18.8 Å². The van der Waals surface area contributed by atoms with Gasteiger partial charge in [-0.3, -0.25) is 14.3 Å². The minimum atomic E-state index is 0.0220. The largest absolute Gasteiger partial charge is 0.299 e. The molecule has 1 aliphatic rings. The Hall–Kier alpha value is -2.61. The van der Waals surface area contributed by atoms with Gasteiger partial charge in [0.1, 0.15) is 0 Å². The first-order chi connectivity index (χ1) is 12.2. The molecule has 0 aromatic carbocycles. The van der Waals surface area contributed by atoms with Crippen molar-refractivity contribution in [1.82, 2.24) is 34.3 Å². The molecule has 4 rings (SSSR count). The Bertz CT molecular complexity index is 924. The second kappa shape index (κ2) is 6.72. The van der Waals surface area contributed by atoms with Crippen molar-refractivity contribution in [3.8, 4) is 0 Å². The molecule has 1 saturated heterocycles. The summed E-state index contributed by atoms with van der Waals surface area (Å²) in [5.74, 6) is 1.38. The summed E-state index contributed by atoms with van der Waals surface area (Å²) in [4.78, 5) is 18.2. The Morgan fingerprint density at radius 1 is 1.16 bits per heavy atom. The number of rotatable bonds is 4. The SMILES string of the molecule is Cc1ccc2nnc(CN3CCC(Cn4cnccc4=O)CC3)n2n1. The van der Waals surface area contributed by atoms with Gasteiger partial charge in [-0.05, 0) is 50.9 Å². The van der Waals surface area contributed by atoms with E-state index in [0.29, 0.717) is 5.92 Å². The maximum atomic E-state index is 11.8. The third kappa shape index (κ3) is 3.43. The van der Waals surface area contributed by atoms with Gasteiger partial charge in [0.2, 0.25) is 0 Å². The van der Waals surface area contributed by atoms with Crippen LogP contribution < -0.4 is 5.56 Å². The summed E-state index contributed by atoms with van der Waals surface area (Å²) in [6, 6.07) is 5.40. The lowest BCUT2D eigenvalue weighted by Crippen LogP contribution is -2.36. The van der Waals surface area contributed by atoms with Crippen LogP contribution in [0.15, 0.2) is 35.5 Å². The zero-order chi connectivity index (χ0) is 17.2. The van der Waals surface area contributed by atoms with Gasteiger partial charge < -0.3 is 0 Å². The van der Waals surface area contributed by atoms with Crippen LogP contribution in [0, 0.1) is 12.8 Å². The number of hydrogen-bond acceptors (Lipinski definition) is 6.